The molecule has 0 bridgehead atoms. The van der Waals surface area contributed by atoms with Crippen molar-refractivity contribution in [2.75, 3.05) is 0 Å². The lowest BCUT2D eigenvalue weighted by atomic mass is 9.96. The smallest absolute Gasteiger partial charge is 0.263 e. The van der Waals surface area contributed by atoms with Crippen molar-refractivity contribution in [3.63, 3.8) is 0 Å². The highest BCUT2D eigenvalue weighted by Crippen LogP contribution is 2.43. The summed E-state index contributed by atoms with van der Waals surface area (Å²) in [4.78, 5) is 14.2. The van der Waals surface area contributed by atoms with E-state index < -0.39 is 0 Å². The van der Waals surface area contributed by atoms with Crippen molar-refractivity contribution in [3.8, 4) is 44.8 Å². The first-order valence-corrected chi connectivity index (χ1v) is 22.2. The van der Waals surface area contributed by atoms with Gasteiger partial charge in [0, 0.05) is 54.5 Å². The number of rotatable bonds is 5. The van der Waals surface area contributed by atoms with E-state index in [9.17, 15) is 4.79 Å². The van der Waals surface area contributed by atoms with Gasteiger partial charge in [-0.05, 0) is 124 Å². The third-order valence-corrected chi connectivity index (χ3v) is 13.8. The van der Waals surface area contributed by atoms with Gasteiger partial charge < -0.3 is 9.13 Å². The van der Waals surface area contributed by atoms with Gasteiger partial charge in [0.25, 0.3) is 5.56 Å². The summed E-state index contributed by atoms with van der Waals surface area (Å²) < 4.78 is 6.71. The summed E-state index contributed by atoms with van der Waals surface area (Å²) in [6, 6.07) is 80.4. The van der Waals surface area contributed by atoms with Gasteiger partial charge in [-0.15, -0.1) is 0 Å². The molecule has 0 saturated heterocycles. The Bertz CT molecular complexity index is 4290. The van der Waals surface area contributed by atoms with Crippen LogP contribution in [0.2, 0.25) is 0 Å². The largest absolute Gasteiger partial charge is 0.309 e. The lowest BCUT2D eigenvalue weighted by molar-refractivity contribution is 1.18. The van der Waals surface area contributed by atoms with E-state index in [4.69, 9.17) is 0 Å². The number of aromatic nitrogens is 3. The Morgan fingerprint density at radius 3 is 1.55 bits per heavy atom. The Morgan fingerprint density at radius 2 is 0.769 bits per heavy atom. The van der Waals surface area contributed by atoms with Crippen LogP contribution in [0.1, 0.15) is 0 Å². The van der Waals surface area contributed by atoms with E-state index in [-0.39, 0.29) is 5.56 Å². The minimum absolute atomic E-state index is 0.0173. The maximum atomic E-state index is 14.2. The van der Waals surface area contributed by atoms with E-state index >= 15 is 0 Å². The molecule has 0 aliphatic rings. The van der Waals surface area contributed by atoms with Gasteiger partial charge in [0.05, 0.1) is 33.1 Å². The van der Waals surface area contributed by atoms with Gasteiger partial charge >= 0.3 is 0 Å². The summed E-state index contributed by atoms with van der Waals surface area (Å²) in [5.41, 5.74) is 15.8. The molecule has 0 aliphatic heterocycles. The van der Waals surface area contributed by atoms with Crippen LogP contribution in [0.25, 0.3) is 126 Å². The van der Waals surface area contributed by atoms with Crippen molar-refractivity contribution in [2.24, 2.45) is 0 Å². The minimum atomic E-state index is 0.0173. The predicted octanol–water partition coefficient (Wildman–Crippen LogP) is 15.4. The maximum absolute atomic E-state index is 14.2. The van der Waals surface area contributed by atoms with Crippen LogP contribution < -0.4 is 5.56 Å². The average molecular weight is 828 g/mol. The zero-order chi connectivity index (χ0) is 42.8. The van der Waals surface area contributed by atoms with Gasteiger partial charge in [0.2, 0.25) is 0 Å². The summed E-state index contributed by atoms with van der Waals surface area (Å²) in [5, 5.41) is 9.87. The first kappa shape index (κ1) is 35.8. The molecule has 4 nitrogen and oxygen atoms in total. The normalized spacial score (nSPS) is 12.1. The van der Waals surface area contributed by atoms with Crippen LogP contribution in [0.5, 0.6) is 0 Å². The Balaban J connectivity index is 0.927. The molecule has 4 aromatic heterocycles. The van der Waals surface area contributed by atoms with Crippen LogP contribution in [-0.4, -0.2) is 13.5 Å². The highest BCUT2D eigenvalue weighted by molar-refractivity contribution is 6.22. The molecule has 0 spiro atoms. The Morgan fingerprint density at radius 1 is 0.277 bits per heavy atom. The molecule has 4 heterocycles. The fourth-order valence-electron chi connectivity index (χ4n) is 10.9. The van der Waals surface area contributed by atoms with Crippen LogP contribution in [0.3, 0.4) is 0 Å². The van der Waals surface area contributed by atoms with Gasteiger partial charge in [-0.2, -0.15) is 0 Å². The molecule has 4 heteroatoms. The van der Waals surface area contributed by atoms with E-state index in [1.54, 1.807) is 0 Å². The van der Waals surface area contributed by atoms with Crippen LogP contribution in [-0.2, 0) is 0 Å². The first-order valence-electron chi connectivity index (χ1n) is 22.2. The van der Waals surface area contributed by atoms with Crippen LogP contribution in [0, 0.1) is 0 Å². The molecular weight excluding hydrogens is 791 g/mol. The molecule has 0 saturated carbocycles. The van der Waals surface area contributed by atoms with Gasteiger partial charge in [-0.25, -0.2) is 0 Å². The summed E-state index contributed by atoms with van der Waals surface area (Å²) >= 11 is 0. The predicted molar refractivity (Wildman–Crippen MR) is 272 cm³/mol. The maximum Gasteiger partial charge on any atom is 0.263 e. The molecule has 10 aromatic carbocycles. The molecule has 302 valence electrons. The van der Waals surface area contributed by atoms with Crippen molar-refractivity contribution in [1.82, 2.24) is 13.5 Å². The number of benzene rings is 10. The van der Waals surface area contributed by atoms with E-state index in [2.05, 4.69) is 209 Å². The molecule has 0 unspecified atom stereocenters. The van der Waals surface area contributed by atoms with Gasteiger partial charge in [-0.1, -0.05) is 140 Å². The first-order chi connectivity index (χ1) is 32.2. The number of fused-ring (bicyclic) bond motifs is 11. The molecule has 0 radical (unpaired) electrons. The lowest BCUT2D eigenvalue weighted by Gasteiger charge is -2.12. The van der Waals surface area contributed by atoms with Crippen molar-refractivity contribution >= 4 is 81.6 Å². The summed E-state index contributed by atoms with van der Waals surface area (Å²) in [7, 11) is 0. The number of para-hydroxylation sites is 3. The van der Waals surface area contributed by atoms with Gasteiger partial charge in [0.15, 0.2) is 0 Å². The van der Waals surface area contributed by atoms with Crippen molar-refractivity contribution in [3.05, 3.63) is 235 Å². The highest BCUT2D eigenvalue weighted by Gasteiger charge is 2.21. The second kappa shape index (κ2) is 13.6. The molecular formula is C61H37N3O. The topological polar surface area (TPSA) is 31.3 Å². The number of pyridine rings is 1. The zero-order valence-corrected chi connectivity index (χ0v) is 35.1. The summed E-state index contributed by atoms with van der Waals surface area (Å²) in [6.07, 6.45) is 0. The van der Waals surface area contributed by atoms with Crippen molar-refractivity contribution in [1.29, 1.82) is 0 Å². The number of hydrogen-bond donors (Lipinski definition) is 0. The van der Waals surface area contributed by atoms with Crippen molar-refractivity contribution in [2.45, 2.75) is 0 Å². The third-order valence-electron chi connectivity index (χ3n) is 13.8. The van der Waals surface area contributed by atoms with Crippen LogP contribution >= 0.6 is 0 Å². The minimum Gasteiger partial charge on any atom is -0.309 e. The molecule has 14 aromatic rings. The standard InChI is InChI=1S/C61H37N3O/c65-61-48-20-8-7-18-46(48)52-36-42(37-53-51-34-40(38-14-3-1-4-15-38)28-32-57(51)64(61)60(52)53)39-26-30-44(31-27-39)62-54-23-11-9-19-47(54)50-35-41(29-33-56(50)62)45-22-13-25-58-59(45)49-21-10-12-24-55(49)63(58)43-16-5-2-6-17-43/h1-37H. The number of hydrogen-bond acceptors (Lipinski definition) is 1. The third kappa shape index (κ3) is 5.16. The molecule has 14 rings (SSSR count). The lowest BCUT2D eigenvalue weighted by Crippen LogP contribution is -2.12. The van der Waals surface area contributed by atoms with E-state index in [1.807, 2.05) is 28.7 Å². The molecule has 65 heavy (non-hydrogen) atoms. The van der Waals surface area contributed by atoms with Crippen molar-refractivity contribution < 1.29 is 0 Å². The zero-order valence-electron chi connectivity index (χ0n) is 35.1. The monoisotopic (exact) mass is 827 g/mol. The second-order valence-electron chi connectivity index (χ2n) is 17.2. The van der Waals surface area contributed by atoms with Gasteiger partial charge in [-0.3, -0.25) is 9.20 Å². The Labute approximate surface area is 373 Å². The molecule has 0 fully saturated rings. The molecule has 0 amide bonds. The molecule has 0 atom stereocenters. The van der Waals surface area contributed by atoms with Crippen LogP contribution in [0.15, 0.2) is 229 Å². The summed E-state index contributed by atoms with van der Waals surface area (Å²) in [5.74, 6) is 0. The van der Waals surface area contributed by atoms with E-state index in [0.29, 0.717) is 0 Å². The second-order valence-corrected chi connectivity index (χ2v) is 17.2. The fraction of sp³-hybridized carbons (Fsp3) is 0. The Hall–Kier alpha value is -8.73. The van der Waals surface area contributed by atoms with Crippen LogP contribution in [0.4, 0.5) is 0 Å². The average Bonchev–Trinajstić information content (AvgIpc) is 4.02. The highest BCUT2D eigenvalue weighted by atomic mass is 16.1. The Kier molecular flexibility index (Phi) is 7.51. The molecule has 0 N–H and O–H groups in total. The molecule has 0 aliphatic carbocycles. The quantitative estimate of drug-likeness (QED) is 0.159. The van der Waals surface area contributed by atoms with Gasteiger partial charge in [0.1, 0.15) is 0 Å². The SMILES string of the molecule is O=c1c2ccccc2c2cc(-c3ccc(-n4c5ccccc5c5cc(-c6cccc7c6c6ccccc6n7-c6ccccc6)ccc54)cc3)cc3c4cc(-c5ccccc5)ccc4n1c23. The summed E-state index contributed by atoms with van der Waals surface area (Å²) in [6.45, 7) is 0. The fourth-order valence-corrected chi connectivity index (χ4v) is 10.9. The number of nitrogens with zero attached hydrogens (tertiary/aromatic N) is 3. The van der Waals surface area contributed by atoms with E-state index in [1.165, 1.54) is 49.2 Å². The van der Waals surface area contributed by atoms with E-state index in [0.717, 1.165) is 77.1 Å².